The molecule has 21 heavy (non-hydrogen) atoms. The van der Waals surface area contributed by atoms with Crippen LogP contribution in [0.25, 0.3) is 10.6 Å². The Morgan fingerprint density at radius 2 is 2.10 bits per heavy atom. The van der Waals surface area contributed by atoms with Crippen molar-refractivity contribution in [2.45, 2.75) is 32.7 Å². The molecule has 2 rings (SSSR count). The van der Waals surface area contributed by atoms with Crippen LogP contribution >= 0.6 is 11.3 Å². The minimum absolute atomic E-state index is 0.0710. The average Bonchev–Trinajstić information content (AvgIpc) is 2.92. The molecule has 0 fully saturated rings. The molecule has 6 nitrogen and oxygen atoms in total. The summed E-state index contributed by atoms with van der Waals surface area (Å²) in [5.74, 6) is 0. The number of hydrogen-bond acceptors (Lipinski definition) is 6. The number of hydrogen-bond donors (Lipinski definition) is 1. The van der Waals surface area contributed by atoms with Gasteiger partial charge in [-0.3, -0.25) is 10.1 Å². The number of nitrogens with one attached hydrogen (secondary N) is 1. The van der Waals surface area contributed by atoms with Crippen LogP contribution in [0, 0.1) is 10.1 Å². The summed E-state index contributed by atoms with van der Waals surface area (Å²) in [6.45, 7) is 5.15. The highest BCUT2D eigenvalue weighted by Crippen LogP contribution is 2.31. The number of aromatic nitrogens is 2. The van der Waals surface area contributed by atoms with Crippen LogP contribution in [0.4, 0.5) is 5.69 Å². The first-order valence-electron chi connectivity index (χ1n) is 6.87. The second-order valence-electron chi connectivity index (χ2n) is 4.99. The lowest BCUT2D eigenvalue weighted by molar-refractivity contribution is -0.384. The molecule has 0 aliphatic rings. The van der Waals surface area contributed by atoms with E-state index in [0.717, 1.165) is 24.4 Å². The smallest absolute Gasteiger partial charge is 0.279 e. The first kappa shape index (κ1) is 15.5. The van der Waals surface area contributed by atoms with E-state index < -0.39 is 0 Å². The minimum Gasteiger partial charge on any atom is -0.315 e. The number of aryl methyl sites for hydroxylation is 1. The molecule has 0 saturated carbocycles. The van der Waals surface area contributed by atoms with Crippen molar-refractivity contribution < 1.29 is 4.92 Å². The zero-order chi connectivity index (χ0) is 15.2. The van der Waals surface area contributed by atoms with Crippen LogP contribution in [0.3, 0.4) is 0 Å². The van der Waals surface area contributed by atoms with Gasteiger partial charge in [-0.05, 0) is 19.0 Å². The standard InChI is InChI=1S/C14H18N4O2S/c1-10(2)15-9-5-8-13-16-17-14(21-13)11-6-3-4-7-12(11)18(19)20/h3-4,6-7,10,15H,5,8-9H2,1-2H3. The molecule has 0 atom stereocenters. The Balaban J connectivity index is 2.05. The number of nitrogens with zero attached hydrogens (tertiary/aromatic N) is 3. The van der Waals surface area contributed by atoms with E-state index >= 15 is 0 Å². The topological polar surface area (TPSA) is 81.0 Å². The lowest BCUT2D eigenvalue weighted by Gasteiger charge is -2.05. The number of nitro benzene ring substituents is 1. The van der Waals surface area contributed by atoms with Gasteiger partial charge in [0.1, 0.15) is 5.01 Å². The second-order valence-corrected chi connectivity index (χ2v) is 6.05. The third-order valence-electron chi connectivity index (χ3n) is 2.92. The zero-order valence-corrected chi connectivity index (χ0v) is 12.9. The molecule has 0 amide bonds. The van der Waals surface area contributed by atoms with E-state index in [1.165, 1.54) is 17.4 Å². The predicted octanol–water partition coefficient (Wildman–Crippen LogP) is 3.04. The third-order valence-corrected chi connectivity index (χ3v) is 3.93. The number of rotatable bonds is 7. The monoisotopic (exact) mass is 306 g/mol. The van der Waals surface area contributed by atoms with Crippen molar-refractivity contribution in [2.75, 3.05) is 6.54 Å². The molecule has 2 aromatic rings. The SMILES string of the molecule is CC(C)NCCCc1nnc(-c2ccccc2[N+](=O)[O-])s1. The number of benzene rings is 1. The zero-order valence-electron chi connectivity index (χ0n) is 12.1. The minimum atomic E-state index is -0.386. The molecule has 0 aliphatic heterocycles. The Hall–Kier alpha value is -1.86. The highest BCUT2D eigenvalue weighted by Gasteiger charge is 2.17. The Kier molecular flexibility index (Phi) is 5.35. The van der Waals surface area contributed by atoms with Gasteiger partial charge in [-0.2, -0.15) is 0 Å². The van der Waals surface area contributed by atoms with Crippen LogP contribution in [-0.4, -0.2) is 27.7 Å². The molecule has 1 heterocycles. The summed E-state index contributed by atoms with van der Waals surface area (Å²) in [5.41, 5.74) is 0.605. The van der Waals surface area contributed by atoms with Crippen molar-refractivity contribution in [2.24, 2.45) is 0 Å². The van der Waals surface area contributed by atoms with Gasteiger partial charge in [-0.1, -0.05) is 37.3 Å². The Bertz CT molecular complexity index is 613. The summed E-state index contributed by atoms with van der Waals surface area (Å²) in [5, 5.41) is 24.1. The first-order chi connectivity index (χ1) is 10.1. The molecule has 7 heteroatoms. The molecule has 1 aromatic heterocycles. The predicted molar refractivity (Wildman–Crippen MR) is 83.5 cm³/mol. The van der Waals surface area contributed by atoms with E-state index in [4.69, 9.17) is 0 Å². The van der Waals surface area contributed by atoms with Gasteiger partial charge in [-0.25, -0.2) is 0 Å². The van der Waals surface area contributed by atoms with Crippen LogP contribution in [0.15, 0.2) is 24.3 Å². The van der Waals surface area contributed by atoms with Crippen molar-refractivity contribution in [1.82, 2.24) is 15.5 Å². The third kappa shape index (κ3) is 4.30. The Morgan fingerprint density at radius 1 is 1.33 bits per heavy atom. The quantitative estimate of drug-likeness (QED) is 0.483. The molecular formula is C14H18N4O2S. The fourth-order valence-electron chi connectivity index (χ4n) is 1.91. The second kappa shape index (κ2) is 7.24. The van der Waals surface area contributed by atoms with Crippen LogP contribution in [0.2, 0.25) is 0 Å². The summed E-state index contributed by atoms with van der Waals surface area (Å²) in [4.78, 5) is 10.6. The molecule has 0 unspecified atom stereocenters. The molecule has 0 saturated heterocycles. The molecule has 0 aliphatic carbocycles. The van der Waals surface area contributed by atoms with Gasteiger partial charge in [0, 0.05) is 18.5 Å². The number of nitro groups is 1. The van der Waals surface area contributed by atoms with Crippen molar-refractivity contribution in [1.29, 1.82) is 0 Å². The van der Waals surface area contributed by atoms with Gasteiger partial charge < -0.3 is 5.32 Å². The van der Waals surface area contributed by atoms with Gasteiger partial charge in [0.05, 0.1) is 10.5 Å². The lowest BCUT2D eigenvalue weighted by Crippen LogP contribution is -2.23. The van der Waals surface area contributed by atoms with Crippen molar-refractivity contribution in [3.8, 4) is 10.6 Å². The summed E-state index contributed by atoms with van der Waals surface area (Å²) in [6, 6.07) is 7.10. The van der Waals surface area contributed by atoms with E-state index in [2.05, 4.69) is 29.4 Å². The van der Waals surface area contributed by atoms with Crippen LogP contribution in [0.5, 0.6) is 0 Å². The van der Waals surface area contributed by atoms with Gasteiger partial charge in [0.25, 0.3) is 5.69 Å². The maximum Gasteiger partial charge on any atom is 0.279 e. The van der Waals surface area contributed by atoms with Crippen LogP contribution < -0.4 is 5.32 Å². The van der Waals surface area contributed by atoms with Crippen molar-refractivity contribution >= 4 is 17.0 Å². The molecule has 1 aromatic carbocycles. The van der Waals surface area contributed by atoms with Gasteiger partial charge in [0.15, 0.2) is 5.01 Å². The fourth-order valence-corrected chi connectivity index (χ4v) is 2.82. The molecule has 112 valence electrons. The largest absolute Gasteiger partial charge is 0.315 e. The first-order valence-corrected chi connectivity index (χ1v) is 7.69. The van der Waals surface area contributed by atoms with E-state index in [-0.39, 0.29) is 10.6 Å². The highest BCUT2D eigenvalue weighted by molar-refractivity contribution is 7.14. The molecule has 0 radical (unpaired) electrons. The molecule has 0 spiro atoms. The van der Waals surface area contributed by atoms with E-state index in [1.54, 1.807) is 18.2 Å². The van der Waals surface area contributed by atoms with Crippen LogP contribution in [-0.2, 0) is 6.42 Å². The summed E-state index contributed by atoms with van der Waals surface area (Å²) in [6.07, 6.45) is 1.81. The normalized spacial score (nSPS) is 11.0. The highest BCUT2D eigenvalue weighted by atomic mass is 32.1. The van der Waals surface area contributed by atoms with E-state index in [0.29, 0.717) is 16.6 Å². The average molecular weight is 306 g/mol. The van der Waals surface area contributed by atoms with Crippen molar-refractivity contribution in [3.05, 3.63) is 39.4 Å². The number of para-hydroxylation sites is 1. The molecule has 0 bridgehead atoms. The van der Waals surface area contributed by atoms with Crippen LogP contribution in [0.1, 0.15) is 25.3 Å². The van der Waals surface area contributed by atoms with Gasteiger partial charge >= 0.3 is 0 Å². The Labute approximate surface area is 127 Å². The lowest BCUT2D eigenvalue weighted by atomic mass is 10.2. The molecule has 1 N–H and O–H groups in total. The van der Waals surface area contributed by atoms with Gasteiger partial charge in [-0.15, -0.1) is 10.2 Å². The summed E-state index contributed by atoms with van der Waals surface area (Å²) in [7, 11) is 0. The van der Waals surface area contributed by atoms with Gasteiger partial charge in [0.2, 0.25) is 0 Å². The summed E-state index contributed by atoms with van der Waals surface area (Å²) < 4.78 is 0. The van der Waals surface area contributed by atoms with E-state index in [1.807, 2.05) is 0 Å². The summed E-state index contributed by atoms with van der Waals surface area (Å²) >= 11 is 1.42. The maximum atomic E-state index is 11.0. The Morgan fingerprint density at radius 3 is 2.81 bits per heavy atom. The fraction of sp³-hybridized carbons (Fsp3) is 0.429. The van der Waals surface area contributed by atoms with E-state index in [9.17, 15) is 10.1 Å². The maximum absolute atomic E-state index is 11.0. The van der Waals surface area contributed by atoms with Crippen molar-refractivity contribution in [3.63, 3.8) is 0 Å². The molecular weight excluding hydrogens is 288 g/mol.